The van der Waals surface area contributed by atoms with Crippen molar-refractivity contribution in [2.45, 2.75) is 13.1 Å². The maximum absolute atomic E-state index is 10.6. The number of halogens is 3. The fourth-order valence-corrected chi connectivity index (χ4v) is 0. The van der Waals surface area contributed by atoms with E-state index in [9.17, 15) is 13.2 Å². The standard InChI is InChI=1S/C3H8N2.C2HF3O2/c1-3(4)5-2;3-2(4,5)1(6)7/h1-2H3,(H2,4,5);(H,6,7). The highest BCUT2D eigenvalue weighted by atomic mass is 19.4. The van der Waals surface area contributed by atoms with Crippen LogP contribution in [0.2, 0.25) is 0 Å². The van der Waals surface area contributed by atoms with Crippen LogP contribution in [-0.4, -0.2) is 30.1 Å². The van der Waals surface area contributed by atoms with Gasteiger partial charge in [0.2, 0.25) is 0 Å². The van der Waals surface area contributed by atoms with Crippen LogP contribution in [0.1, 0.15) is 6.92 Å². The fraction of sp³-hybridized carbons (Fsp3) is 0.600. The van der Waals surface area contributed by atoms with Gasteiger partial charge in [0.1, 0.15) is 0 Å². The molecule has 0 aliphatic rings. The van der Waals surface area contributed by atoms with Crippen molar-refractivity contribution >= 4 is 11.8 Å². The van der Waals surface area contributed by atoms with Crippen LogP contribution in [0.5, 0.6) is 0 Å². The summed E-state index contributed by atoms with van der Waals surface area (Å²) in [6.07, 6.45) is -5.08. The maximum atomic E-state index is 10.6. The van der Waals surface area contributed by atoms with Crippen molar-refractivity contribution in [3.8, 4) is 0 Å². The first-order valence-electron chi connectivity index (χ1n) is 2.74. The molecule has 0 fully saturated rings. The Morgan fingerprint density at radius 1 is 1.50 bits per heavy atom. The summed E-state index contributed by atoms with van der Waals surface area (Å²) in [5, 5.41) is 16.4. The summed E-state index contributed by atoms with van der Waals surface area (Å²) in [7, 11) is 1.72. The Kier molecular flexibility index (Phi) is 5.99. The highest BCUT2D eigenvalue weighted by molar-refractivity contribution is 5.75. The molecule has 0 aliphatic heterocycles. The molecule has 0 aromatic heterocycles. The summed E-state index contributed by atoms with van der Waals surface area (Å²) in [6, 6.07) is 0. The quantitative estimate of drug-likeness (QED) is 0.387. The highest BCUT2D eigenvalue weighted by Gasteiger charge is 2.38. The SMILES string of the molecule is CNC(C)=N.O=C(O)C(F)(F)F. The van der Waals surface area contributed by atoms with E-state index in [0.717, 1.165) is 0 Å². The van der Waals surface area contributed by atoms with Crippen LogP contribution >= 0.6 is 0 Å². The van der Waals surface area contributed by atoms with Crippen molar-refractivity contribution in [2.24, 2.45) is 0 Å². The largest absolute Gasteiger partial charge is 0.490 e. The van der Waals surface area contributed by atoms with E-state index in [1.54, 1.807) is 14.0 Å². The molecule has 0 aliphatic carbocycles. The van der Waals surface area contributed by atoms with E-state index >= 15 is 0 Å². The van der Waals surface area contributed by atoms with Gasteiger partial charge in [-0.1, -0.05) is 0 Å². The van der Waals surface area contributed by atoms with Crippen molar-refractivity contribution in [1.29, 1.82) is 5.41 Å². The number of alkyl halides is 3. The fourth-order valence-electron chi connectivity index (χ4n) is 0. The molecule has 0 saturated heterocycles. The second kappa shape index (κ2) is 5.39. The van der Waals surface area contributed by atoms with Crippen LogP contribution in [0.3, 0.4) is 0 Å². The van der Waals surface area contributed by atoms with E-state index in [1.807, 2.05) is 0 Å². The Morgan fingerprint density at radius 3 is 1.67 bits per heavy atom. The van der Waals surface area contributed by atoms with Gasteiger partial charge in [0.15, 0.2) is 0 Å². The Hall–Kier alpha value is -1.27. The molecule has 0 atom stereocenters. The monoisotopic (exact) mass is 186 g/mol. The number of nitrogens with one attached hydrogen (secondary N) is 2. The minimum absolute atomic E-state index is 0.505. The van der Waals surface area contributed by atoms with Crippen molar-refractivity contribution in [1.82, 2.24) is 5.32 Å². The normalized spacial score (nSPS) is 9.42. The van der Waals surface area contributed by atoms with Gasteiger partial charge in [-0.25, -0.2) is 4.79 Å². The zero-order valence-electron chi connectivity index (χ0n) is 6.49. The van der Waals surface area contributed by atoms with E-state index in [2.05, 4.69) is 5.32 Å². The molecule has 72 valence electrons. The molecule has 0 heterocycles. The summed E-state index contributed by atoms with van der Waals surface area (Å²) in [4.78, 5) is 8.90. The number of carboxylic acid groups (broad SMARTS) is 1. The number of rotatable bonds is 0. The third-order valence-electron chi connectivity index (χ3n) is 0.618. The molecule has 0 radical (unpaired) electrons. The third-order valence-corrected chi connectivity index (χ3v) is 0.618. The number of carbonyl (C=O) groups is 1. The summed E-state index contributed by atoms with van der Waals surface area (Å²) in [5.74, 6) is -2.25. The first-order valence-corrected chi connectivity index (χ1v) is 2.74. The Bertz CT molecular complexity index is 167. The summed E-state index contributed by atoms with van der Waals surface area (Å²) in [6.45, 7) is 1.69. The number of carboxylic acids is 1. The summed E-state index contributed by atoms with van der Waals surface area (Å²) < 4.78 is 31.7. The van der Waals surface area contributed by atoms with Gasteiger partial charge in [-0.15, -0.1) is 0 Å². The van der Waals surface area contributed by atoms with Crippen molar-refractivity contribution in [3.05, 3.63) is 0 Å². The molecule has 0 rings (SSSR count). The predicted octanol–water partition coefficient (Wildman–Crippen LogP) is 0.836. The summed E-state index contributed by atoms with van der Waals surface area (Å²) >= 11 is 0. The molecule has 0 amide bonds. The van der Waals surface area contributed by atoms with E-state index < -0.39 is 12.1 Å². The first kappa shape index (κ1) is 13.3. The van der Waals surface area contributed by atoms with Crippen molar-refractivity contribution < 1.29 is 23.1 Å². The molecular formula is C5H9F3N2O2. The minimum Gasteiger partial charge on any atom is -0.475 e. The molecule has 12 heavy (non-hydrogen) atoms. The number of amidine groups is 1. The number of aliphatic carboxylic acids is 1. The molecule has 0 bridgehead atoms. The van der Waals surface area contributed by atoms with Gasteiger partial charge in [0, 0.05) is 7.05 Å². The second-order valence-electron chi connectivity index (χ2n) is 1.68. The lowest BCUT2D eigenvalue weighted by Gasteiger charge is -1.93. The van der Waals surface area contributed by atoms with E-state index in [1.165, 1.54) is 0 Å². The van der Waals surface area contributed by atoms with E-state index in [4.69, 9.17) is 15.3 Å². The topological polar surface area (TPSA) is 73.2 Å². The second-order valence-corrected chi connectivity index (χ2v) is 1.68. The average molecular weight is 186 g/mol. The smallest absolute Gasteiger partial charge is 0.475 e. The van der Waals surface area contributed by atoms with E-state index in [-0.39, 0.29) is 0 Å². The lowest BCUT2D eigenvalue weighted by molar-refractivity contribution is -0.192. The minimum atomic E-state index is -5.08. The van der Waals surface area contributed by atoms with Gasteiger partial charge in [0.25, 0.3) is 0 Å². The highest BCUT2D eigenvalue weighted by Crippen LogP contribution is 2.13. The Morgan fingerprint density at radius 2 is 1.67 bits per heavy atom. The molecular weight excluding hydrogens is 177 g/mol. The summed E-state index contributed by atoms with van der Waals surface area (Å²) in [5.41, 5.74) is 0. The molecule has 7 heteroatoms. The van der Waals surface area contributed by atoms with Gasteiger partial charge in [0.05, 0.1) is 5.84 Å². The van der Waals surface area contributed by atoms with E-state index in [0.29, 0.717) is 5.84 Å². The van der Waals surface area contributed by atoms with Gasteiger partial charge < -0.3 is 10.4 Å². The van der Waals surface area contributed by atoms with Crippen molar-refractivity contribution in [3.63, 3.8) is 0 Å². The molecule has 4 nitrogen and oxygen atoms in total. The molecule has 0 spiro atoms. The number of hydrogen-bond acceptors (Lipinski definition) is 2. The van der Waals surface area contributed by atoms with Crippen LogP contribution in [0, 0.1) is 5.41 Å². The number of hydrogen-bond donors (Lipinski definition) is 3. The predicted molar refractivity (Wildman–Crippen MR) is 36.2 cm³/mol. The Balaban J connectivity index is 0. The lowest BCUT2D eigenvalue weighted by atomic mass is 10.7. The van der Waals surface area contributed by atoms with Gasteiger partial charge in [-0.2, -0.15) is 13.2 Å². The van der Waals surface area contributed by atoms with Crippen LogP contribution in [0.25, 0.3) is 0 Å². The van der Waals surface area contributed by atoms with Gasteiger partial charge in [-0.05, 0) is 6.92 Å². The molecule has 0 unspecified atom stereocenters. The van der Waals surface area contributed by atoms with Crippen molar-refractivity contribution in [2.75, 3.05) is 7.05 Å². The van der Waals surface area contributed by atoms with Crippen LogP contribution in [-0.2, 0) is 4.79 Å². The maximum Gasteiger partial charge on any atom is 0.490 e. The molecule has 0 saturated carbocycles. The zero-order valence-corrected chi connectivity index (χ0v) is 6.49. The Labute approximate surface area is 66.9 Å². The van der Waals surface area contributed by atoms with Crippen LogP contribution in [0.4, 0.5) is 13.2 Å². The van der Waals surface area contributed by atoms with Gasteiger partial charge >= 0.3 is 12.1 Å². The molecule has 0 aromatic carbocycles. The zero-order chi connectivity index (χ0) is 10.4. The molecule has 0 aromatic rings. The van der Waals surface area contributed by atoms with Crippen LogP contribution in [0.15, 0.2) is 0 Å². The third kappa shape index (κ3) is 11.5. The lowest BCUT2D eigenvalue weighted by Crippen LogP contribution is -2.21. The van der Waals surface area contributed by atoms with Gasteiger partial charge in [-0.3, -0.25) is 5.41 Å². The molecule has 3 N–H and O–H groups in total. The van der Waals surface area contributed by atoms with Crippen LogP contribution < -0.4 is 5.32 Å². The average Bonchev–Trinajstić information content (AvgIpc) is 1.87. The first-order chi connectivity index (χ1) is 5.21.